The number of fused-ring (bicyclic) bond motifs is 1. The summed E-state index contributed by atoms with van der Waals surface area (Å²) >= 11 is 0. The first kappa shape index (κ1) is 14.5. The van der Waals surface area contributed by atoms with Crippen LogP contribution in [0.1, 0.15) is 19.9 Å². The van der Waals surface area contributed by atoms with E-state index >= 15 is 0 Å². The molecule has 1 aromatic heterocycles. The molecule has 1 aliphatic heterocycles. The minimum atomic E-state index is -5.12. The van der Waals surface area contributed by atoms with Crippen LogP contribution in [0.2, 0.25) is 0 Å². The lowest BCUT2D eigenvalue weighted by Crippen LogP contribution is -2.64. The van der Waals surface area contributed by atoms with Crippen LogP contribution in [-0.2, 0) is 9.53 Å². The van der Waals surface area contributed by atoms with Gasteiger partial charge < -0.3 is 15.2 Å². The van der Waals surface area contributed by atoms with Crippen LogP contribution in [0, 0.1) is 5.92 Å². The van der Waals surface area contributed by atoms with Crippen molar-refractivity contribution < 1.29 is 27.8 Å². The quantitative estimate of drug-likeness (QED) is 0.745. The van der Waals surface area contributed by atoms with E-state index in [0.717, 1.165) is 4.68 Å². The molecule has 2 heterocycles. The van der Waals surface area contributed by atoms with Gasteiger partial charge in [0.1, 0.15) is 5.92 Å². The van der Waals surface area contributed by atoms with Gasteiger partial charge in [-0.15, -0.1) is 0 Å². The van der Waals surface area contributed by atoms with Crippen molar-refractivity contribution in [3.8, 4) is 0 Å². The van der Waals surface area contributed by atoms with Gasteiger partial charge in [-0.05, 0) is 24.3 Å². The Bertz CT molecular complexity index is 519. The smallest absolute Gasteiger partial charge is 0.437 e. The van der Waals surface area contributed by atoms with E-state index in [1.807, 2.05) is 0 Å². The molecule has 0 bridgehead atoms. The van der Waals surface area contributed by atoms with Crippen molar-refractivity contribution in [1.29, 1.82) is 0 Å². The monoisotopic (exact) mass is 295 g/mol. The summed E-state index contributed by atoms with van der Waals surface area (Å²) in [4.78, 5) is 11.8. The highest BCUT2D eigenvalue weighted by molar-refractivity contribution is 5.76. The van der Waals surface area contributed by atoms with Gasteiger partial charge in [0.15, 0.2) is 0 Å². The highest BCUT2D eigenvalue weighted by Crippen LogP contribution is 2.45. The second-order valence-corrected chi connectivity index (χ2v) is 4.31. The maximum Gasteiger partial charge on any atom is 0.437 e. The second kappa shape index (κ2) is 4.58. The number of carbonyl (C=O) groups excluding carboxylic acids is 1. The normalized spacial score (nSPS) is 29.5. The van der Waals surface area contributed by atoms with E-state index < -0.39 is 29.8 Å². The number of carbonyl (C=O) groups is 1. The Morgan fingerprint density at radius 3 is 2.80 bits per heavy atom. The zero-order valence-corrected chi connectivity index (χ0v) is 10.5. The van der Waals surface area contributed by atoms with Crippen LogP contribution in [0.15, 0.2) is 0 Å². The summed E-state index contributed by atoms with van der Waals surface area (Å²) in [7, 11) is 0. The van der Waals surface area contributed by atoms with Crippen LogP contribution in [0.5, 0.6) is 0 Å². The van der Waals surface area contributed by atoms with Crippen LogP contribution in [0.4, 0.5) is 19.1 Å². The van der Waals surface area contributed by atoms with Gasteiger partial charge in [0.25, 0.3) is 5.72 Å². The molecule has 0 saturated carbocycles. The molecule has 3 atom stereocenters. The number of aromatic nitrogens is 4. The average molecular weight is 295 g/mol. The molecule has 11 heteroatoms. The number of hydrogen-bond acceptors (Lipinski definition) is 7. The molecule has 0 fully saturated rings. The van der Waals surface area contributed by atoms with E-state index in [1.54, 1.807) is 5.32 Å². The number of hydrogen-bond donors (Lipinski definition) is 2. The van der Waals surface area contributed by atoms with E-state index in [4.69, 9.17) is 0 Å². The molecule has 112 valence electrons. The molecule has 2 rings (SSSR count). The molecule has 0 spiro atoms. The standard InChI is InChI=1S/C9H12F3N5O3/c1-3-20-6(18)5-4(2)17-7(14-15-16-17)13-8(5,19)9(10,11)12/h4-5,19H,3H2,1-2H3,(H,13,14,16)/t4-,5-,8+/m1/s1. The van der Waals surface area contributed by atoms with E-state index in [2.05, 4.69) is 20.3 Å². The number of nitrogens with zero attached hydrogens (tertiary/aromatic N) is 4. The fraction of sp³-hybridized carbons (Fsp3) is 0.778. The first-order chi connectivity index (χ1) is 9.22. The number of halogens is 3. The first-order valence-electron chi connectivity index (χ1n) is 5.74. The third-order valence-corrected chi connectivity index (χ3v) is 3.09. The molecule has 0 radical (unpaired) electrons. The Hall–Kier alpha value is -1.91. The summed E-state index contributed by atoms with van der Waals surface area (Å²) in [5, 5.41) is 21.8. The SMILES string of the molecule is CCOC(=O)[C@H]1[C@@H](C)n2nnnc2N[C@@]1(O)C(F)(F)F. The predicted octanol–water partition coefficient (Wildman–Crippen LogP) is 0.0898. The number of ether oxygens (including phenoxy) is 1. The summed E-state index contributed by atoms with van der Waals surface area (Å²) in [6.07, 6.45) is -5.12. The molecule has 0 aliphatic carbocycles. The predicted molar refractivity (Wildman–Crippen MR) is 57.3 cm³/mol. The third kappa shape index (κ3) is 1.97. The van der Waals surface area contributed by atoms with Gasteiger partial charge in [-0.25, -0.2) is 4.68 Å². The summed E-state index contributed by atoms with van der Waals surface area (Å²) in [5.41, 5.74) is -3.50. The Morgan fingerprint density at radius 1 is 1.60 bits per heavy atom. The van der Waals surface area contributed by atoms with Gasteiger partial charge in [0.2, 0.25) is 5.95 Å². The lowest BCUT2D eigenvalue weighted by Gasteiger charge is -2.42. The van der Waals surface area contributed by atoms with Crippen molar-refractivity contribution >= 4 is 11.9 Å². The van der Waals surface area contributed by atoms with Gasteiger partial charge in [-0.1, -0.05) is 5.10 Å². The minimum Gasteiger partial charge on any atom is -0.466 e. The summed E-state index contributed by atoms with van der Waals surface area (Å²) in [6, 6.07) is -1.13. The Labute approximate surface area is 110 Å². The van der Waals surface area contributed by atoms with Crippen molar-refractivity contribution in [2.75, 3.05) is 11.9 Å². The highest BCUT2D eigenvalue weighted by atomic mass is 19.4. The van der Waals surface area contributed by atoms with E-state index in [1.165, 1.54) is 13.8 Å². The molecule has 0 aromatic carbocycles. The van der Waals surface area contributed by atoms with Crippen LogP contribution >= 0.6 is 0 Å². The van der Waals surface area contributed by atoms with Crippen molar-refractivity contribution in [2.24, 2.45) is 5.92 Å². The molecule has 8 nitrogen and oxygen atoms in total. The summed E-state index contributed by atoms with van der Waals surface area (Å²) in [6.45, 7) is 2.63. The first-order valence-corrected chi connectivity index (χ1v) is 5.74. The van der Waals surface area contributed by atoms with Crippen molar-refractivity contribution in [3.05, 3.63) is 0 Å². The van der Waals surface area contributed by atoms with E-state index in [-0.39, 0.29) is 12.6 Å². The Morgan fingerprint density at radius 2 is 2.25 bits per heavy atom. The van der Waals surface area contributed by atoms with Gasteiger partial charge in [0, 0.05) is 0 Å². The fourth-order valence-electron chi connectivity index (χ4n) is 2.14. The fourth-order valence-corrected chi connectivity index (χ4v) is 2.14. The molecule has 1 aromatic rings. The van der Waals surface area contributed by atoms with Crippen molar-refractivity contribution in [2.45, 2.75) is 31.8 Å². The van der Waals surface area contributed by atoms with E-state index in [9.17, 15) is 23.1 Å². The molecular formula is C9H12F3N5O3. The molecule has 20 heavy (non-hydrogen) atoms. The number of alkyl halides is 3. The zero-order valence-electron chi connectivity index (χ0n) is 10.5. The number of aliphatic hydroxyl groups is 1. The van der Waals surface area contributed by atoms with Gasteiger partial charge in [0.05, 0.1) is 12.6 Å². The molecule has 1 aliphatic rings. The molecule has 2 N–H and O–H groups in total. The summed E-state index contributed by atoms with van der Waals surface area (Å²) in [5.74, 6) is -3.50. The van der Waals surface area contributed by atoms with Gasteiger partial charge in [-0.2, -0.15) is 13.2 Å². The molecule has 0 unspecified atom stereocenters. The van der Waals surface area contributed by atoms with Crippen LogP contribution in [-0.4, -0.2) is 49.8 Å². The largest absolute Gasteiger partial charge is 0.466 e. The topological polar surface area (TPSA) is 102 Å². The minimum absolute atomic E-state index is 0.113. The van der Waals surface area contributed by atoms with Gasteiger partial charge in [-0.3, -0.25) is 4.79 Å². The lowest BCUT2D eigenvalue weighted by molar-refractivity contribution is -0.275. The average Bonchev–Trinajstić information content (AvgIpc) is 2.75. The maximum absolute atomic E-state index is 13.2. The number of esters is 1. The number of rotatable bonds is 2. The van der Waals surface area contributed by atoms with Crippen molar-refractivity contribution in [1.82, 2.24) is 20.2 Å². The Balaban J connectivity index is 2.51. The summed E-state index contributed by atoms with van der Waals surface area (Å²) < 4.78 is 45.1. The number of anilines is 1. The maximum atomic E-state index is 13.2. The second-order valence-electron chi connectivity index (χ2n) is 4.31. The Kier molecular flexibility index (Phi) is 3.32. The highest BCUT2D eigenvalue weighted by Gasteiger charge is 2.66. The van der Waals surface area contributed by atoms with Crippen LogP contribution < -0.4 is 5.32 Å². The van der Waals surface area contributed by atoms with Crippen LogP contribution in [0.25, 0.3) is 0 Å². The van der Waals surface area contributed by atoms with E-state index in [0.29, 0.717) is 0 Å². The molecular weight excluding hydrogens is 283 g/mol. The van der Waals surface area contributed by atoms with Crippen molar-refractivity contribution in [3.63, 3.8) is 0 Å². The number of tetrazole rings is 1. The number of nitrogens with one attached hydrogen (secondary N) is 1. The third-order valence-electron chi connectivity index (χ3n) is 3.09. The van der Waals surface area contributed by atoms with Gasteiger partial charge >= 0.3 is 12.1 Å². The molecule has 0 amide bonds. The van der Waals surface area contributed by atoms with Crippen LogP contribution in [0.3, 0.4) is 0 Å². The zero-order chi connectivity index (χ0) is 15.1. The lowest BCUT2D eigenvalue weighted by atomic mass is 9.87. The molecule has 0 saturated heterocycles.